The highest BCUT2D eigenvalue weighted by Gasteiger charge is 2.56. The molecule has 1 aromatic rings. The summed E-state index contributed by atoms with van der Waals surface area (Å²) in [6.07, 6.45) is -0.632. The Balaban J connectivity index is 1.61. The van der Waals surface area contributed by atoms with Crippen LogP contribution in [-0.4, -0.2) is 42.2 Å². The topological polar surface area (TPSA) is 80.5 Å². The van der Waals surface area contributed by atoms with Crippen molar-refractivity contribution in [2.24, 2.45) is 17.8 Å². The van der Waals surface area contributed by atoms with E-state index < -0.39 is 12.4 Å². The minimum Gasteiger partial charge on any atom is -0.481 e. The normalized spacial score (nSPS) is 26.9. The molecule has 0 aromatic carbocycles. The molecule has 0 amide bonds. The third-order valence-corrected chi connectivity index (χ3v) is 5.88. The molecule has 1 aromatic heterocycles. The first-order valence-electron chi connectivity index (χ1n) is 8.94. The number of carboxylic acids is 1. The van der Waals surface area contributed by atoms with E-state index in [1.54, 1.807) is 0 Å². The number of aromatic nitrogens is 1. The number of rotatable bonds is 5. The fourth-order valence-corrected chi connectivity index (χ4v) is 4.48. The summed E-state index contributed by atoms with van der Waals surface area (Å²) in [6, 6.07) is 3.25. The lowest BCUT2D eigenvalue weighted by Crippen LogP contribution is -2.28. The van der Waals surface area contributed by atoms with Crippen LogP contribution >= 0.6 is 0 Å². The fraction of sp³-hybridized carbons (Fsp3) is 0.611. The molecule has 2 saturated heterocycles. The molecule has 8 heteroatoms. The molecule has 2 aliphatic heterocycles. The molecular weight excluding hydrogens is 342 g/mol. The first-order chi connectivity index (χ1) is 12.5. The van der Waals surface area contributed by atoms with Gasteiger partial charge in [-0.25, -0.2) is 13.8 Å². The number of nitrogens with zero attached hydrogens (tertiary/aromatic N) is 4. The summed E-state index contributed by atoms with van der Waals surface area (Å²) >= 11 is 0. The minimum atomic E-state index is -2.73. The van der Waals surface area contributed by atoms with E-state index >= 15 is 0 Å². The Morgan fingerprint density at radius 2 is 1.96 bits per heavy atom. The molecule has 6 nitrogen and oxygen atoms in total. The quantitative estimate of drug-likeness (QED) is 0.867. The number of carboxylic acid groups (broad SMARTS) is 1. The van der Waals surface area contributed by atoms with E-state index in [0.29, 0.717) is 36.6 Å². The number of alkyl halides is 2. The standard InChI is InChI=1S/C18H20F2N4O2/c19-17(20)11-5-15(22-18(12(11)7-21)23-3-1-2-4-23)24-8-13-10(6-16(25)26)14(13)9-24/h5,10,13-14,17H,1-4,6,8-9H2,(H,25,26). The van der Waals surface area contributed by atoms with Crippen molar-refractivity contribution in [2.75, 3.05) is 36.0 Å². The Morgan fingerprint density at radius 3 is 2.50 bits per heavy atom. The van der Waals surface area contributed by atoms with Crippen molar-refractivity contribution < 1.29 is 18.7 Å². The summed E-state index contributed by atoms with van der Waals surface area (Å²) in [4.78, 5) is 19.3. The van der Waals surface area contributed by atoms with Gasteiger partial charge >= 0.3 is 5.97 Å². The van der Waals surface area contributed by atoms with E-state index in [4.69, 9.17) is 5.11 Å². The highest BCUT2D eigenvalue weighted by atomic mass is 19.3. The number of pyridine rings is 1. The largest absolute Gasteiger partial charge is 0.481 e. The Labute approximate surface area is 150 Å². The summed E-state index contributed by atoms with van der Waals surface area (Å²) < 4.78 is 27.1. The van der Waals surface area contributed by atoms with Gasteiger partial charge in [-0.1, -0.05) is 0 Å². The summed E-state index contributed by atoms with van der Waals surface area (Å²) in [7, 11) is 0. The Kier molecular flexibility index (Phi) is 4.17. The molecule has 1 aliphatic carbocycles. The number of fused-ring (bicyclic) bond motifs is 1. The maximum atomic E-state index is 13.6. The number of nitriles is 1. The lowest BCUT2D eigenvalue weighted by molar-refractivity contribution is -0.137. The van der Waals surface area contributed by atoms with Gasteiger partial charge < -0.3 is 14.9 Å². The van der Waals surface area contributed by atoms with Crippen molar-refractivity contribution in [3.63, 3.8) is 0 Å². The van der Waals surface area contributed by atoms with Crippen LogP contribution in [0.15, 0.2) is 6.07 Å². The van der Waals surface area contributed by atoms with Gasteiger partial charge in [0.1, 0.15) is 23.3 Å². The third-order valence-electron chi connectivity index (χ3n) is 5.88. The van der Waals surface area contributed by atoms with Gasteiger partial charge in [0.25, 0.3) is 6.43 Å². The van der Waals surface area contributed by atoms with Crippen molar-refractivity contribution in [2.45, 2.75) is 25.7 Å². The van der Waals surface area contributed by atoms with Gasteiger partial charge in [0, 0.05) is 38.2 Å². The van der Waals surface area contributed by atoms with Crippen LogP contribution in [0.4, 0.5) is 20.4 Å². The molecule has 3 aliphatic rings. The van der Waals surface area contributed by atoms with E-state index in [9.17, 15) is 18.8 Å². The van der Waals surface area contributed by atoms with Gasteiger partial charge in [-0.3, -0.25) is 4.79 Å². The lowest BCUT2D eigenvalue weighted by Gasteiger charge is -2.25. The lowest BCUT2D eigenvalue weighted by atomic mass is 10.1. The number of carbonyl (C=O) groups is 1. The van der Waals surface area contributed by atoms with E-state index in [1.165, 1.54) is 6.07 Å². The molecule has 26 heavy (non-hydrogen) atoms. The monoisotopic (exact) mass is 362 g/mol. The van der Waals surface area contributed by atoms with E-state index in [1.807, 2.05) is 15.9 Å². The Hall–Kier alpha value is -2.43. The van der Waals surface area contributed by atoms with E-state index in [0.717, 1.165) is 25.9 Å². The first-order valence-corrected chi connectivity index (χ1v) is 8.94. The number of hydrogen-bond donors (Lipinski definition) is 1. The van der Waals surface area contributed by atoms with Crippen molar-refractivity contribution >= 4 is 17.6 Å². The molecule has 0 radical (unpaired) electrons. The number of piperidine rings is 1. The van der Waals surface area contributed by atoms with Gasteiger partial charge in [0.15, 0.2) is 0 Å². The van der Waals surface area contributed by atoms with Crippen molar-refractivity contribution in [3.8, 4) is 6.07 Å². The van der Waals surface area contributed by atoms with Crippen LogP contribution in [0.2, 0.25) is 0 Å². The molecule has 3 heterocycles. The van der Waals surface area contributed by atoms with Crippen LogP contribution in [0.1, 0.15) is 36.8 Å². The summed E-state index contributed by atoms with van der Waals surface area (Å²) in [5.74, 6) is 0.837. The van der Waals surface area contributed by atoms with E-state index in [2.05, 4.69) is 4.98 Å². The minimum absolute atomic E-state index is 0.0289. The molecule has 1 saturated carbocycles. The smallest absolute Gasteiger partial charge is 0.303 e. The van der Waals surface area contributed by atoms with Gasteiger partial charge in [-0.2, -0.15) is 5.26 Å². The van der Waals surface area contributed by atoms with E-state index in [-0.39, 0.29) is 23.5 Å². The SMILES string of the molecule is N#Cc1c(C(F)F)cc(N2CC3C(CC(=O)O)C3C2)nc1N1CCCC1. The van der Waals surface area contributed by atoms with Crippen molar-refractivity contribution in [3.05, 3.63) is 17.2 Å². The van der Waals surface area contributed by atoms with Crippen LogP contribution in [0.5, 0.6) is 0 Å². The molecule has 3 fully saturated rings. The number of aliphatic carboxylic acids is 1. The zero-order chi connectivity index (χ0) is 18.4. The Morgan fingerprint density at radius 1 is 1.31 bits per heavy atom. The van der Waals surface area contributed by atoms with Crippen LogP contribution < -0.4 is 9.80 Å². The number of halogens is 2. The molecular formula is C18H20F2N4O2. The maximum Gasteiger partial charge on any atom is 0.303 e. The Bertz CT molecular complexity index is 761. The van der Waals surface area contributed by atoms with Crippen LogP contribution in [0.3, 0.4) is 0 Å². The fourth-order valence-electron chi connectivity index (χ4n) is 4.48. The van der Waals surface area contributed by atoms with Crippen molar-refractivity contribution in [1.82, 2.24) is 4.98 Å². The second kappa shape index (κ2) is 6.38. The summed E-state index contributed by atoms with van der Waals surface area (Å²) in [5, 5.41) is 18.3. The summed E-state index contributed by atoms with van der Waals surface area (Å²) in [6.45, 7) is 2.73. The zero-order valence-electron chi connectivity index (χ0n) is 14.2. The maximum absolute atomic E-state index is 13.6. The molecule has 0 spiro atoms. The highest BCUT2D eigenvalue weighted by molar-refractivity contribution is 5.68. The number of anilines is 2. The second-order valence-electron chi connectivity index (χ2n) is 7.37. The predicted molar refractivity (Wildman–Crippen MR) is 90.3 cm³/mol. The van der Waals surface area contributed by atoms with Crippen LogP contribution in [0, 0.1) is 29.1 Å². The molecule has 0 bridgehead atoms. The molecule has 138 valence electrons. The van der Waals surface area contributed by atoms with Gasteiger partial charge in [0.2, 0.25) is 0 Å². The third kappa shape index (κ3) is 2.85. The molecule has 4 rings (SSSR count). The molecule has 2 unspecified atom stereocenters. The summed E-state index contributed by atoms with van der Waals surface area (Å²) in [5.41, 5.74) is -0.291. The highest BCUT2D eigenvalue weighted by Crippen LogP contribution is 2.54. The van der Waals surface area contributed by atoms with Crippen LogP contribution in [0.25, 0.3) is 0 Å². The number of hydrogen-bond acceptors (Lipinski definition) is 5. The zero-order valence-corrected chi connectivity index (χ0v) is 14.2. The molecule has 1 N–H and O–H groups in total. The first kappa shape index (κ1) is 17.0. The van der Waals surface area contributed by atoms with Crippen LogP contribution in [-0.2, 0) is 4.79 Å². The van der Waals surface area contributed by atoms with Gasteiger partial charge in [-0.05, 0) is 36.7 Å². The van der Waals surface area contributed by atoms with Crippen molar-refractivity contribution in [1.29, 1.82) is 5.26 Å². The average molecular weight is 362 g/mol. The average Bonchev–Trinajstić information content (AvgIpc) is 3.07. The molecule has 2 atom stereocenters. The van der Waals surface area contributed by atoms with Gasteiger partial charge in [0.05, 0.1) is 0 Å². The van der Waals surface area contributed by atoms with Gasteiger partial charge in [-0.15, -0.1) is 0 Å². The second-order valence-corrected chi connectivity index (χ2v) is 7.37. The predicted octanol–water partition coefficient (Wildman–Crippen LogP) is 2.65.